The van der Waals surface area contributed by atoms with E-state index < -0.39 is 22.6 Å². The fourth-order valence-electron chi connectivity index (χ4n) is 3.51. The van der Waals surface area contributed by atoms with Gasteiger partial charge in [0.05, 0.1) is 27.4 Å². The van der Waals surface area contributed by atoms with Crippen molar-refractivity contribution >= 4 is 34.8 Å². The zero-order chi connectivity index (χ0) is 23.2. The van der Waals surface area contributed by atoms with Gasteiger partial charge in [0.25, 0.3) is 23.4 Å². The van der Waals surface area contributed by atoms with Crippen LogP contribution in [-0.2, 0) is 0 Å². The van der Waals surface area contributed by atoms with Crippen LogP contribution in [0.4, 0.5) is 17.1 Å². The SMILES string of the molecule is Cc1cccc(N2C(=O)c3ccc(C(=O)Nc4cc([N+](=O)[O-])ccc4O)cc3C2=O)c1C. The van der Waals surface area contributed by atoms with Crippen LogP contribution < -0.4 is 10.2 Å². The number of hydrogen-bond acceptors (Lipinski definition) is 6. The largest absolute Gasteiger partial charge is 0.506 e. The molecule has 2 N–H and O–H groups in total. The molecule has 0 bridgehead atoms. The molecule has 0 fully saturated rings. The lowest BCUT2D eigenvalue weighted by Crippen LogP contribution is -2.30. The maximum atomic E-state index is 13.0. The summed E-state index contributed by atoms with van der Waals surface area (Å²) < 4.78 is 0. The van der Waals surface area contributed by atoms with Gasteiger partial charge in [-0.25, -0.2) is 4.90 Å². The van der Waals surface area contributed by atoms with Crippen LogP contribution in [-0.4, -0.2) is 27.8 Å². The molecule has 3 aromatic carbocycles. The van der Waals surface area contributed by atoms with E-state index in [1.165, 1.54) is 18.2 Å². The summed E-state index contributed by atoms with van der Waals surface area (Å²) in [5, 5.41) is 23.3. The van der Waals surface area contributed by atoms with Crippen molar-refractivity contribution in [2.75, 3.05) is 10.2 Å². The maximum Gasteiger partial charge on any atom is 0.271 e. The van der Waals surface area contributed by atoms with Gasteiger partial charge in [-0.05, 0) is 55.3 Å². The number of nitro benzene ring substituents is 1. The first-order valence-electron chi connectivity index (χ1n) is 9.57. The van der Waals surface area contributed by atoms with Crippen molar-refractivity contribution in [1.82, 2.24) is 0 Å². The van der Waals surface area contributed by atoms with Crippen LogP contribution in [0, 0.1) is 24.0 Å². The number of aromatic hydroxyl groups is 1. The summed E-state index contributed by atoms with van der Waals surface area (Å²) in [5.74, 6) is -2.08. The molecule has 0 radical (unpaired) electrons. The number of hydrogen-bond donors (Lipinski definition) is 2. The fraction of sp³-hybridized carbons (Fsp3) is 0.0870. The third kappa shape index (κ3) is 3.35. The van der Waals surface area contributed by atoms with E-state index in [4.69, 9.17) is 0 Å². The second-order valence-corrected chi connectivity index (χ2v) is 7.34. The lowest BCUT2D eigenvalue weighted by atomic mass is 10.1. The molecule has 0 spiro atoms. The molecule has 3 amide bonds. The monoisotopic (exact) mass is 431 g/mol. The molecule has 9 nitrogen and oxygen atoms in total. The number of nitro groups is 1. The number of carbonyl (C=O) groups excluding carboxylic acids is 3. The number of fused-ring (bicyclic) bond motifs is 1. The fourth-order valence-corrected chi connectivity index (χ4v) is 3.51. The van der Waals surface area contributed by atoms with Crippen molar-refractivity contribution < 1.29 is 24.4 Å². The van der Waals surface area contributed by atoms with E-state index in [0.717, 1.165) is 34.2 Å². The molecule has 1 heterocycles. The molecule has 0 aromatic heterocycles. The Bertz CT molecular complexity index is 1330. The number of non-ortho nitro benzene ring substituents is 1. The van der Waals surface area contributed by atoms with E-state index in [-0.39, 0.29) is 33.8 Å². The van der Waals surface area contributed by atoms with Crippen molar-refractivity contribution in [2.24, 2.45) is 0 Å². The van der Waals surface area contributed by atoms with E-state index in [1.54, 1.807) is 12.1 Å². The Morgan fingerprint density at radius 1 is 1.00 bits per heavy atom. The van der Waals surface area contributed by atoms with Gasteiger partial charge in [-0.3, -0.25) is 24.5 Å². The third-order valence-electron chi connectivity index (χ3n) is 5.40. The molecule has 4 rings (SSSR count). The Morgan fingerprint density at radius 2 is 1.72 bits per heavy atom. The highest BCUT2D eigenvalue weighted by Crippen LogP contribution is 2.33. The quantitative estimate of drug-likeness (QED) is 0.278. The first-order chi connectivity index (χ1) is 15.2. The molecule has 1 aliphatic rings. The number of nitrogens with one attached hydrogen (secondary N) is 1. The summed E-state index contributed by atoms with van der Waals surface area (Å²) in [6.07, 6.45) is 0. The van der Waals surface area contributed by atoms with Crippen LogP contribution in [0.1, 0.15) is 42.2 Å². The molecule has 1 aliphatic heterocycles. The molecule has 32 heavy (non-hydrogen) atoms. The number of rotatable bonds is 4. The van der Waals surface area contributed by atoms with Gasteiger partial charge >= 0.3 is 0 Å². The van der Waals surface area contributed by atoms with Crippen molar-refractivity contribution in [3.63, 3.8) is 0 Å². The number of phenols is 1. The molecule has 0 unspecified atom stereocenters. The Balaban J connectivity index is 1.66. The number of benzene rings is 3. The van der Waals surface area contributed by atoms with Gasteiger partial charge in [-0.1, -0.05) is 12.1 Å². The number of carbonyl (C=O) groups is 3. The molecular formula is C23H17N3O6. The topological polar surface area (TPSA) is 130 Å². The van der Waals surface area contributed by atoms with Crippen molar-refractivity contribution in [2.45, 2.75) is 13.8 Å². The van der Waals surface area contributed by atoms with Crippen LogP contribution in [0.15, 0.2) is 54.6 Å². The third-order valence-corrected chi connectivity index (χ3v) is 5.40. The zero-order valence-corrected chi connectivity index (χ0v) is 17.1. The van der Waals surface area contributed by atoms with E-state index in [0.29, 0.717) is 5.69 Å². The molecule has 0 atom stereocenters. The predicted molar refractivity (Wildman–Crippen MR) is 116 cm³/mol. The minimum atomic E-state index is -0.700. The summed E-state index contributed by atoms with van der Waals surface area (Å²) in [7, 11) is 0. The normalized spacial score (nSPS) is 12.6. The molecule has 0 saturated carbocycles. The average Bonchev–Trinajstić information content (AvgIpc) is 3.01. The highest BCUT2D eigenvalue weighted by molar-refractivity contribution is 6.35. The van der Waals surface area contributed by atoms with Gasteiger partial charge in [0.1, 0.15) is 5.75 Å². The second-order valence-electron chi connectivity index (χ2n) is 7.34. The number of amides is 3. The van der Waals surface area contributed by atoms with Gasteiger partial charge in [0.2, 0.25) is 0 Å². The summed E-state index contributed by atoms with van der Waals surface area (Å²) in [5.41, 5.74) is 2.04. The maximum absolute atomic E-state index is 13.0. The molecule has 3 aromatic rings. The highest BCUT2D eigenvalue weighted by atomic mass is 16.6. The summed E-state index contributed by atoms with van der Waals surface area (Å²) in [4.78, 5) is 50.0. The smallest absolute Gasteiger partial charge is 0.271 e. The lowest BCUT2D eigenvalue weighted by molar-refractivity contribution is -0.384. The van der Waals surface area contributed by atoms with Gasteiger partial charge < -0.3 is 10.4 Å². The number of nitrogens with zero attached hydrogens (tertiary/aromatic N) is 2. The lowest BCUT2D eigenvalue weighted by Gasteiger charge is -2.17. The zero-order valence-electron chi connectivity index (χ0n) is 17.1. The van der Waals surface area contributed by atoms with E-state index >= 15 is 0 Å². The van der Waals surface area contributed by atoms with E-state index in [9.17, 15) is 29.6 Å². The number of imide groups is 1. The van der Waals surface area contributed by atoms with Crippen LogP contribution >= 0.6 is 0 Å². The molecular weight excluding hydrogens is 414 g/mol. The standard InChI is InChI=1S/C23H17N3O6/c1-12-4-3-5-19(13(12)2)25-22(29)16-8-6-14(10-17(16)23(25)30)21(28)24-18-11-15(26(31)32)7-9-20(18)27/h3-11,27H,1-2H3,(H,24,28). The summed E-state index contributed by atoms with van der Waals surface area (Å²) >= 11 is 0. The number of aryl methyl sites for hydroxylation is 1. The average molecular weight is 431 g/mol. The van der Waals surface area contributed by atoms with Crippen molar-refractivity contribution in [3.05, 3.63) is 92.5 Å². The van der Waals surface area contributed by atoms with E-state index in [1.807, 2.05) is 19.9 Å². The highest BCUT2D eigenvalue weighted by Gasteiger charge is 2.38. The molecule has 0 saturated heterocycles. The Labute approximate surface area is 182 Å². The minimum absolute atomic E-state index is 0.0543. The predicted octanol–water partition coefficient (Wildman–Crippen LogP) is 3.97. The molecule has 9 heteroatoms. The molecule has 160 valence electrons. The van der Waals surface area contributed by atoms with Crippen LogP contribution in [0.25, 0.3) is 0 Å². The van der Waals surface area contributed by atoms with Gasteiger partial charge in [0, 0.05) is 17.7 Å². The molecule has 0 aliphatic carbocycles. The first kappa shape index (κ1) is 20.7. The van der Waals surface area contributed by atoms with Crippen molar-refractivity contribution in [1.29, 1.82) is 0 Å². The minimum Gasteiger partial charge on any atom is -0.506 e. The summed E-state index contributed by atoms with van der Waals surface area (Å²) in [6, 6.07) is 12.6. The van der Waals surface area contributed by atoms with Gasteiger partial charge in [-0.15, -0.1) is 0 Å². The van der Waals surface area contributed by atoms with Crippen LogP contribution in [0.5, 0.6) is 5.75 Å². The second kappa shape index (κ2) is 7.62. The Morgan fingerprint density at radius 3 is 2.44 bits per heavy atom. The van der Waals surface area contributed by atoms with E-state index in [2.05, 4.69) is 5.32 Å². The van der Waals surface area contributed by atoms with Crippen molar-refractivity contribution in [3.8, 4) is 5.75 Å². The number of phenolic OH excluding ortho intramolecular Hbond substituents is 1. The summed E-state index contributed by atoms with van der Waals surface area (Å²) in [6.45, 7) is 3.70. The Hall–Kier alpha value is -4.53. The Kier molecular flexibility index (Phi) is 4.94. The van der Waals surface area contributed by atoms with Crippen LogP contribution in [0.3, 0.4) is 0 Å². The van der Waals surface area contributed by atoms with Crippen LogP contribution in [0.2, 0.25) is 0 Å². The number of anilines is 2. The first-order valence-corrected chi connectivity index (χ1v) is 9.57. The van der Waals surface area contributed by atoms with Gasteiger partial charge in [0.15, 0.2) is 0 Å². The van der Waals surface area contributed by atoms with Gasteiger partial charge in [-0.2, -0.15) is 0 Å².